The summed E-state index contributed by atoms with van der Waals surface area (Å²) in [5.74, 6) is 3.18. The van der Waals surface area contributed by atoms with Crippen LogP contribution in [0.25, 0.3) is 10.9 Å². The van der Waals surface area contributed by atoms with E-state index in [4.69, 9.17) is 9.47 Å². The Morgan fingerprint density at radius 2 is 1.87 bits per heavy atom. The number of halogens is 1. The van der Waals surface area contributed by atoms with Gasteiger partial charge in [-0.05, 0) is 63.3 Å². The van der Waals surface area contributed by atoms with Crippen molar-refractivity contribution >= 4 is 38.6 Å². The van der Waals surface area contributed by atoms with Crippen molar-refractivity contribution in [2.75, 3.05) is 32.1 Å². The van der Waals surface area contributed by atoms with Crippen molar-refractivity contribution < 1.29 is 14.3 Å². The molecule has 1 atom stereocenters. The van der Waals surface area contributed by atoms with Crippen LogP contribution in [-0.2, 0) is 4.79 Å². The summed E-state index contributed by atoms with van der Waals surface area (Å²) < 4.78 is 12.9. The second kappa shape index (κ2) is 13.8. The Kier molecular flexibility index (Phi) is 10.2. The van der Waals surface area contributed by atoms with Crippen LogP contribution in [0.3, 0.4) is 0 Å². The second-order valence-electron chi connectivity index (χ2n) is 10.0. The van der Waals surface area contributed by atoms with Gasteiger partial charge in [-0.2, -0.15) is 0 Å². The molecule has 38 heavy (non-hydrogen) atoms. The van der Waals surface area contributed by atoms with Crippen molar-refractivity contribution in [3.05, 3.63) is 52.3 Å². The molecule has 1 aliphatic rings. The molecule has 1 aliphatic heterocycles. The van der Waals surface area contributed by atoms with E-state index in [1.165, 1.54) is 0 Å². The average molecular weight is 584 g/mol. The number of carbonyl (C=O) groups is 1. The molecule has 7 nitrogen and oxygen atoms in total. The Labute approximate surface area is 234 Å². The second-order valence-corrected chi connectivity index (χ2v) is 10.9. The molecular formula is C30H39BrN4O3. The summed E-state index contributed by atoms with van der Waals surface area (Å²) in [6, 6.07) is 12.2. The molecule has 1 aromatic heterocycles. The van der Waals surface area contributed by atoms with E-state index in [0.29, 0.717) is 29.8 Å². The van der Waals surface area contributed by atoms with E-state index in [1.807, 2.05) is 36.1 Å². The van der Waals surface area contributed by atoms with Crippen molar-refractivity contribution in [1.29, 1.82) is 0 Å². The number of anilines is 1. The average Bonchev–Trinajstić information content (AvgIpc) is 2.90. The minimum atomic E-state index is 0.0623. The van der Waals surface area contributed by atoms with Gasteiger partial charge in [-0.25, -0.2) is 9.97 Å². The van der Waals surface area contributed by atoms with E-state index in [9.17, 15) is 4.79 Å². The molecule has 1 fully saturated rings. The van der Waals surface area contributed by atoms with E-state index in [-0.39, 0.29) is 6.04 Å². The number of methoxy groups -OCH3 is 1. The van der Waals surface area contributed by atoms with Crippen molar-refractivity contribution in [1.82, 2.24) is 14.9 Å². The van der Waals surface area contributed by atoms with Gasteiger partial charge in [-0.1, -0.05) is 47.3 Å². The zero-order valence-corrected chi connectivity index (χ0v) is 24.3. The first-order valence-corrected chi connectivity index (χ1v) is 14.5. The SMILES string of the molecule is COc1cc2c(N[C@H](C)c3cccc(Br)c3)nc(C)nc2cc1OCCCCCCCN1CCCCC1=O. The van der Waals surface area contributed by atoms with Gasteiger partial charge in [0.2, 0.25) is 5.91 Å². The molecule has 0 radical (unpaired) electrons. The number of nitrogens with zero attached hydrogens (tertiary/aromatic N) is 3. The van der Waals surface area contributed by atoms with Gasteiger partial charge in [0, 0.05) is 35.4 Å². The number of carbonyl (C=O) groups excluding carboxylic acids is 1. The molecule has 2 aromatic carbocycles. The predicted octanol–water partition coefficient (Wildman–Crippen LogP) is 7.22. The van der Waals surface area contributed by atoms with Crippen molar-refractivity contribution in [2.24, 2.45) is 0 Å². The summed E-state index contributed by atoms with van der Waals surface area (Å²) in [6.45, 7) is 6.49. The number of likely N-dealkylation sites (tertiary alicyclic amines) is 1. The van der Waals surface area contributed by atoms with Gasteiger partial charge in [0.05, 0.1) is 25.3 Å². The first-order chi connectivity index (χ1) is 18.4. The van der Waals surface area contributed by atoms with E-state index in [2.05, 4.69) is 50.3 Å². The molecule has 1 saturated heterocycles. The van der Waals surface area contributed by atoms with Gasteiger partial charge < -0.3 is 19.7 Å². The highest BCUT2D eigenvalue weighted by atomic mass is 79.9. The van der Waals surface area contributed by atoms with Crippen LogP contribution < -0.4 is 14.8 Å². The van der Waals surface area contributed by atoms with Crippen LogP contribution in [0.2, 0.25) is 0 Å². The summed E-state index contributed by atoms with van der Waals surface area (Å²) in [5, 5.41) is 4.45. The molecule has 0 aliphatic carbocycles. The number of fused-ring (bicyclic) bond motifs is 1. The monoisotopic (exact) mass is 582 g/mol. The Bertz CT molecular complexity index is 1240. The smallest absolute Gasteiger partial charge is 0.222 e. The van der Waals surface area contributed by atoms with Gasteiger partial charge in [0.25, 0.3) is 0 Å². The highest BCUT2D eigenvalue weighted by Gasteiger charge is 2.17. The number of amides is 1. The van der Waals surface area contributed by atoms with Crippen LogP contribution in [-0.4, -0.2) is 47.6 Å². The number of hydrogen-bond donors (Lipinski definition) is 1. The lowest BCUT2D eigenvalue weighted by Crippen LogP contribution is -2.35. The molecule has 1 amide bonds. The lowest BCUT2D eigenvalue weighted by atomic mass is 10.1. The number of rotatable bonds is 13. The largest absolute Gasteiger partial charge is 0.493 e. The van der Waals surface area contributed by atoms with Gasteiger partial charge >= 0.3 is 0 Å². The highest BCUT2D eigenvalue weighted by molar-refractivity contribution is 9.10. The van der Waals surface area contributed by atoms with Crippen LogP contribution in [0.15, 0.2) is 40.9 Å². The highest BCUT2D eigenvalue weighted by Crippen LogP contribution is 2.35. The summed E-state index contributed by atoms with van der Waals surface area (Å²) in [7, 11) is 1.66. The third-order valence-corrected chi connectivity index (χ3v) is 7.54. The summed E-state index contributed by atoms with van der Waals surface area (Å²) in [4.78, 5) is 23.3. The summed E-state index contributed by atoms with van der Waals surface area (Å²) in [6.07, 6.45) is 8.38. The van der Waals surface area contributed by atoms with Crippen molar-refractivity contribution in [3.63, 3.8) is 0 Å². The topological polar surface area (TPSA) is 76.6 Å². The maximum Gasteiger partial charge on any atom is 0.222 e. The number of aromatic nitrogens is 2. The Morgan fingerprint density at radius 3 is 2.66 bits per heavy atom. The normalized spacial score (nSPS) is 14.5. The van der Waals surface area contributed by atoms with Gasteiger partial charge in [-0.3, -0.25) is 4.79 Å². The third kappa shape index (κ3) is 7.59. The molecule has 1 N–H and O–H groups in total. The maximum absolute atomic E-state index is 11.9. The molecule has 0 unspecified atom stereocenters. The number of aryl methyl sites for hydroxylation is 1. The molecule has 0 bridgehead atoms. The third-order valence-electron chi connectivity index (χ3n) is 7.05. The van der Waals surface area contributed by atoms with E-state index >= 15 is 0 Å². The molecular weight excluding hydrogens is 544 g/mol. The molecule has 8 heteroatoms. The molecule has 0 saturated carbocycles. The number of piperidine rings is 1. The Balaban J connectivity index is 1.31. The zero-order valence-electron chi connectivity index (χ0n) is 22.8. The standard InChI is InChI=1S/C30H39BrN4O3/c1-21(23-12-11-13-24(31)18-23)32-30-25-19-27(37-3)28(20-26(25)33-22(2)34-30)38-17-10-6-4-5-8-15-35-16-9-7-14-29(35)36/h11-13,18-21H,4-10,14-17H2,1-3H3,(H,32,33,34)/t21-/m1/s1. The van der Waals surface area contributed by atoms with Crippen LogP contribution in [0.4, 0.5) is 5.82 Å². The van der Waals surface area contributed by atoms with Gasteiger partial charge in [0.1, 0.15) is 11.6 Å². The minimum absolute atomic E-state index is 0.0623. The Morgan fingerprint density at radius 1 is 1.05 bits per heavy atom. The number of unbranched alkanes of at least 4 members (excludes halogenated alkanes) is 4. The summed E-state index contributed by atoms with van der Waals surface area (Å²) >= 11 is 3.56. The Hall–Kier alpha value is -2.87. The lowest BCUT2D eigenvalue weighted by molar-refractivity contribution is -0.133. The van der Waals surface area contributed by atoms with Gasteiger partial charge in [0.15, 0.2) is 11.5 Å². The molecule has 204 valence electrons. The van der Waals surface area contributed by atoms with E-state index in [1.54, 1.807) is 7.11 Å². The first-order valence-electron chi connectivity index (χ1n) is 13.7. The van der Waals surface area contributed by atoms with Crippen molar-refractivity contribution in [3.8, 4) is 11.5 Å². The van der Waals surface area contributed by atoms with Crippen molar-refractivity contribution in [2.45, 2.75) is 71.3 Å². The zero-order chi connectivity index (χ0) is 26.9. The fourth-order valence-corrected chi connectivity index (χ4v) is 5.33. The minimum Gasteiger partial charge on any atom is -0.493 e. The number of ether oxygens (including phenoxy) is 2. The number of benzene rings is 2. The van der Waals surface area contributed by atoms with E-state index < -0.39 is 0 Å². The van der Waals surface area contributed by atoms with E-state index in [0.717, 1.165) is 91.2 Å². The predicted molar refractivity (Wildman–Crippen MR) is 156 cm³/mol. The lowest BCUT2D eigenvalue weighted by Gasteiger charge is -2.26. The number of hydrogen-bond acceptors (Lipinski definition) is 6. The van der Waals surface area contributed by atoms with Crippen LogP contribution in [0.1, 0.15) is 75.7 Å². The number of nitrogens with one attached hydrogen (secondary N) is 1. The van der Waals surface area contributed by atoms with Gasteiger partial charge in [-0.15, -0.1) is 0 Å². The molecule has 0 spiro atoms. The fourth-order valence-electron chi connectivity index (χ4n) is 4.91. The summed E-state index contributed by atoms with van der Waals surface area (Å²) in [5.41, 5.74) is 1.99. The molecule has 3 aromatic rings. The van der Waals surface area contributed by atoms with Crippen LogP contribution in [0, 0.1) is 6.92 Å². The molecule has 2 heterocycles. The van der Waals surface area contributed by atoms with Crippen LogP contribution >= 0.6 is 15.9 Å². The maximum atomic E-state index is 11.9. The quantitative estimate of drug-likeness (QED) is 0.214. The van der Waals surface area contributed by atoms with Crippen LogP contribution in [0.5, 0.6) is 11.5 Å². The first kappa shape index (κ1) is 28.1. The molecule has 4 rings (SSSR count). The fraction of sp³-hybridized carbons (Fsp3) is 0.500.